The molecule has 0 fully saturated rings. The maximum atomic E-state index is 11.6. The van der Waals surface area contributed by atoms with Crippen LogP contribution in [0.1, 0.15) is 15.9 Å². The minimum Gasteiger partial charge on any atom is -0.487 e. The highest BCUT2D eigenvalue weighted by Gasteiger charge is 2.11. The van der Waals surface area contributed by atoms with Gasteiger partial charge in [-0.1, -0.05) is 29.3 Å². The van der Waals surface area contributed by atoms with Gasteiger partial charge in [-0.05, 0) is 58.5 Å². The Morgan fingerprint density at radius 3 is 2.62 bits per heavy atom. The van der Waals surface area contributed by atoms with Gasteiger partial charge in [-0.25, -0.2) is 4.79 Å². The second-order valence-electron chi connectivity index (χ2n) is 4.17. The summed E-state index contributed by atoms with van der Waals surface area (Å²) in [6.45, 7) is 0.294. The molecule has 2 rings (SSSR count). The average molecular weight is 437 g/mol. The van der Waals surface area contributed by atoms with E-state index in [4.69, 9.17) is 32.7 Å². The molecule has 21 heavy (non-hydrogen) atoms. The van der Waals surface area contributed by atoms with Crippen LogP contribution in [0.5, 0.6) is 5.75 Å². The van der Waals surface area contributed by atoms with E-state index in [1.54, 1.807) is 24.3 Å². The topological polar surface area (TPSA) is 35.5 Å². The average Bonchev–Trinajstić information content (AvgIpc) is 2.47. The maximum absolute atomic E-state index is 11.6. The molecule has 0 amide bonds. The van der Waals surface area contributed by atoms with Crippen LogP contribution in [0, 0.1) is 3.57 Å². The standard InChI is InChI=1S/C15H11Cl2IO3/c1-20-15(19)11-6-9(2-4-13(11)18)8-21-14-5-3-10(16)7-12(14)17/h2-7H,8H2,1H3. The van der Waals surface area contributed by atoms with Gasteiger partial charge < -0.3 is 9.47 Å². The summed E-state index contributed by atoms with van der Waals surface area (Å²) >= 11 is 14.0. The fourth-order valence-corrected chi connectivity index (χ4v) is 2.70. The molecule has 0 aromatic heterocycles. The van der Waals surface area contributed by atoms with Crippen LogP contribution >= 0.6 is 45.8 Å². The molecule has 0 aliphatic rings. The van der Waals surface area contributed by atoms with E-state index in [1.165, 1.54) is 7.11 Å². The molecule has 0 saturated carbocycles. The lowest BCUT2D eigenvalue weighted by Gasteiger charge is -2.10. The van der Waals surface area contributed by atoms with Crippen molar-refractivity contribution in [1.29, 1.82) is 0 Å². The molecule has 0 radical (unpaired) electrons. The summed E-state index contributed by atoms with van der Waals surface area (Å²) in [7, 11) is 1.36. The zero-order chi connectivity index (χ0) is 15.4. The van der Waals surface area contributed by atoms with Gasteiger partial charge in [0.25, 0.3) is 0 Å². The van der Waals surface area contributed by atoms with E-state index in [9.17, 15) is 4.79 Å². The van der Waals surface area contributed by atoms with Gasteiger partial charge in [0.1, 0.15) is 12.4 Å². The molecule has 110 valence electrons. The molecule has 0 saturated heterocycles. The molecular weight excluding hydrogens is 426 g/mol. The molecule has 2 aromatic rings. The molecule has 0 bridgehead atoms. The van der Waals surface area contributed by atoms with E-state index >= 15 is 0 Å². The number of carbonyl (C=O) groups excluding carboxylic acids is 1. The Morgan fingerprint density at radius 1 is 1.19 bits per heavy atom. The minimum atomic E-state index is -0.370. The molecule has 0 aliphatic carbocycles. The van der Waals surface area contributed by atoms with Crippen molar-refractivity contribution in [3.05, 3.63) is 61.1 Å². The van der Waals surface area contributed by atoms with Crippen molar-refractivity contribution >= 4 is 51.8 Å². The van der Waals surface area contributed by atoms with Gasteiger partial charge in [0.05, 0.1) is 17.7 Å². The van der Waals surface area contributed by atoms with Crippen molar-refractivity contribution in [1.82, 2.24) is 0 Å². The Morgan fingerprint density at radius 2 is 1.95 bits per heavy atom. The maximum Gasteiger partial charge on any atom is 0.338 e. The Labute approximate surface area is 146 Å². The third kappa shape index (κ3) is 4.25. The van der Waals surface area contributed by atoms with E-state index in [0.29, 0.717) is 28.0 Å². The lowest BCUT2D eigenvalue weighted by atomic mass is 10.1. The van der Waals surface area contributed by atoms with E-state index in [1.807, 2.05) is 12.1 Å². The summed E-state index contributed by atoms with van der Waals surface area (Å²) in [4.78, 5) is 11.6. The van der Waals surface area contributed by atoms with Crippen LogP contribution in [0.4, 0.5) is 0 Å². The van der Waals surface area contributed by atoms with E-state index in [2.05, 4.69) is 22.6 Å². The first-order chi connectivity index (χ1) is 10.0. The van der Waals surface area contributed by atoms with Crippen molar-refractivity contribution in [2.75, 3.05) is 7.11 Å². The third-order valence-electron chi connectivity index (χ3n) is 2.72. The highest BCUT2D eigenvalue weighted by molar-refractivity contribution is 14.1. The van der Waals surface area contributed by atoms with Crippen molar-refractivity contribution in [3.8, 4) is 5.75 Å². The quantitative estimate of drug-likeness (QED) is 0.501. The fraction of sp³-hybridized carbons (Fsp3) is 0.133. The van der Waals surface area contributed by atoms with Gasteiger partial charge in [0.2, 0.25) is 0 Å². The first-order valence-electron chi connectivity index (χ1n) is 5.96. The van der Waals surface area contributed by atoms with Crippen LogP contribution < -0.4 is 4.74 Å². The summed E-state index contributed by atoms with van der Waals surface area (Å²) in [5.74, 6) is 0.171. The molecule has 3 nitrogen and oxygen atoms in total. The van der Waals surface area contributed by atoms with Crippen LogP contribution in [0.25, 0.3) is 0 Å². The second-order valence-corrected chi connectivity index (χ2v) is 6.18. The molecular formula is C15H11Cl2IO3. The van der Waals surface area contributed by atoms with E-state index < -0.39 is 0 Å². The van der Waals surface area contributed by atoms with Crippen LogP contribution in [0.15, 0.2) is 36.4 Å². The largest absolute Gasteiger partial charge is 0.487 e. The molecule has 0 aliphatic heterocycles. The van der Waals surface area contributed by atoms with E-state index in [-0.39, 0.29) is 5.97 Å². The number of esters is 1. The molecule has 0 atom stereocenters. The highest BCUT2D eigenvalue weighted by atomic mass is 127. The molecule has 0 heterocycles. The summed E-state index contributed by atoms with van der Waals surface area (Å²) in [5.41, 5.74) is 1.36. The predicted octanol–water partition coefficient (Wildman–Crippen LogP) is 4.96. The van der Waals surface area contributed by atoms with Crippen molar-refractivity contribution < 1.29 is 14.3 Å². The van der Waals surface area contributed by atoms with Gasteiger partial charge in [-0.3, -0.25) is 0 Å². The molecule has 0 N–H and O–H groups in total. The summed E-state index contributed by atoms with van der Waals surface area (Å²) in [5, 5.41) is 0.996. The Kier molecular flexibility index (Phi) is 5.72. The summed E-state index contributed by atoms with van der Waals surface area (Å²) in [6, 6.07) is 10.5. The number of benzene rings is 2. The number of rotatable bonds is 4. The predicted molar refractivity (Wildman–Crippen MR) is 91.3 cm³/mol. The van der Waals surface area contributed by atoms with Crippen molar-refractivity contribution in [2.45, 2.75) is 6.61 Å². The lowest BCUT2D eigenvalue weighted by molar-refractivity contribution is 0.0599. The number of methoxy groups -OCH3 is 1. The van der Waals surface area contributed by atoms with Gasteiger partial charge in [0.15, 0.2) is 0 Å². The van der Waals surface area contributed by atoms with Crippen LogP contribution in [-0.4, -0.2) is 13.1 Å². The second kappa shape index (κ2) is 7.33. The Balaban J connectivity index is 2.15. The van der Waals surface area contributed by atoms with Gasteiger partial charge in [-0.15, -0.1) is 0 Å². The Bertz CT molecular complexity index is 674. The normalized spacial score (nSPS) is 10.3. The summed E-state index contributed by atoms with van der Waals surface area (Å²) in [6.07, 6.45) is 0. The van der Waals surface area contributed by atoms with Crippen LogP contribution in [0.2, 0.25) is 10.0 Å². The smallest absolute Gasteiger partial charge is 0.338 e. The number of hydrogen-bond acceptors (Lipinski definition) is 3. The van der Waals surface area contributed by atoms with Crippen LogP contribution in [-0.2, 0) is 11.3 Å². The highest BCUT2D eigenvalue weighted by Crippen LogP contribution is 2.28. The zero-order valence-electron chi connectivity index (χ0n) is 11.0. The molecule has 0 unspecified atom stereocenters. The van der Waals surface area contributed by atoms with Crippen molar-refractivity contribution in [2.24, 2.45) is 0 Å². The fourth-order valence-electron chi connectivity index (χ4n) is 1.68. The molecule has 6 heteroatoms. The number of carbonyl (C=O) groups is 1. The lowest BCUT2D eigenvalue weighted by Crippen LogP contribution is -2.06. The minimum absolute atomic E-state index is 0.294. The zero-order valence-corrected chi connectivity index (χ0v) is 14.7. The molecule has 2 aromatic carbocycles. The number of hydrogen-bond donors (Lipinski definition) is 0. The SMILES string of the molecule is COC(=O)c1cc(COc2ccc(Cl)cc2Cl)ccc1I. The number of halogens is 3. The molecule has 0 spiro atoms. The number of ether oxygens (including phenoxy) is 2. The van der Waals surface area contributed by atoms with Crippen LogP contribution in [0.3, 0.4) is 0 Å². The summed E-state index contributed by atoms with van der Waals surface area (Å²) < 4.78 is 11.2. The van der Waals surface area contributed by atoms with E-state index in [0.717, 1.165) is 9.13 Å². The van der Waals surface area contributed by atoms with Gasteiger partial charge >= 0.3 is 5.97 Å². The van der Waals surface area contributed by atoms with Crippen molar-refractivity contribution in [3.63, 3.8) is 0 Å². The Hall–Kier alpha value is -0.980. The first kappa shape index (κ1) is 16.4. The first-order valence-corrected chi connectivity index (χ1v) is 7.79. The third-order valence-corrected chi connectivity index (χ3v) is 4.20. The van der Waals surface area contributed by atoms with Gasteiger partial charge in [-0.2, -0.15) is 0 Å². The van der Waals surface area contributed by atoms with Gasteiger partial charge in [0, 0.05) is 8.59 Å². The monoisotopic (exact) mass is 436 g/mol.